The van der Waals surface area contributed by atoms with E-state index in [0.717, 1.165) is 12.0 Å². The maximum Gasteiger partial charge on any atom is 0.338 e. The number of ether oxygens (including phenoxy) is 2. The first kappa shape index (κ1) is 14.0. The zero-order chi connectivity index (χ0) is 13.5. The molecule has 0 aromatic heterocycles. The minimum absolute atomic E-state index is 0.151. The Morgan fingerprint density at radius 2 is 2.06 bits per heavy atom. The summed E-state index contributed by atoms with van der Waals surface area (Å²) in [5.74, 6) is -0.528. The fourth-order valence-electron chi connectivity index (χ4n) is 1.43. The zero-order valence-electron chi connectivity index (χ0n) is 10.6. The molecule has 0 unspecified atom stereocenters. The first-order chi connectivity index (χ1) is 8.56. The molecule has 1 aromatic carbocycles. The lowest BCUT2D eigenvalue weighted by Crippen LogP contribution is -2.08. The molecule has 0 spiro atoms. The molecule has 0 N–H and O–H groups in total. The van der Waals surface area contributed by atoms with E-state index in [-0.39, 0.29) is 6.61 Å². The lowest BCUT2D eigenvalue weighted by molar-refractivity contribution is -0.131. The second-order valence-electron chi connectivity index (χ2n) is 3.70. The highest BCUT2D eigenvalue weighted by molar-refractivity contribution is 5.90. The molecule has 0 heterocycles. The predicted octanol–water partition coefficient (Wildman–Crippen LogP) is 2.52. The van der Waals surface area contributed by atoms with Gasteiger partial charge in [0.1, 0.15) is 12.4 Å². The van der Waals surface area contributed by atoms with E-state index in [4.69, 9.17) is 9.47 Å². The minimum atomic E-state index is -0.460. The number of aryl methyl sites for hydroxylation is 1. The van der Waals surface area contributed by atoms with Gasteiger partial charge in [0.15, 0.2) is 0 Å². The Kier molecular flexibility index (Phi) is 5.11. The molecule has 0 saturated carbocycles. The SMILES string of the molecule is C=CCOC(=O)c1cc(CC)cc(OC(C)=O)c1. The second kappa shape index (κ2) is 6.59. The topological polar surface area (TPSA) is 52.6 Å². The van der Waals surface area contributed by atoms with Gasteiger partial charge in [0.2, 0.25) is 0 Å². The van der Waals surface area contributed by atoms with Gasteiger partial charge >= 0.3 is 11.9 Å². The molecule has 0 aliphatic rings. The van der Waals surface area contributed by atoms with Crippen molar-refractivity contribution >= 4 is 11.9 Å². The van der Waals surface area contributed by atoms with Crippen LogP contribution in [-0.2, 0) is 16.0 Å². The summed E-state index contributed by atoms with van der Waals surface area (Å²) in [6, 6.07) is 4.94. The lowest BCUT2D eigenvalue weighted by Gasteiger charge is -2.08. The molecule has 18 heavy (non-hydrogen) atoms. The van der Waals surface area contributed by atoms with Crippen LogP contribution in [0.15, 0.2) is 30.9 Å². The van der Waals surface area contributed by atoms with Gasteiger partial charge in [0.25, 0.3) is 0 Å². The van der Waals surface area contributed by atoms with Gasteiger partial charge in [-0.25, -0.2) is 4.79 Å². The van der Waals surface area contributed by atoms with Gasteiger partial charge in [-0.1, -0.05) is 19.6 Å². The van der Waals surface area contributed by atoms with Crippen molar-refractivity contribution < 1.29 is 19.1 Å². The van der Waals surface area contributed by atoms with E-state index in [2.05, 4.69) is 6.58 Å². The zero-order valence-corrected chi connectivity index (χ0v) is 10.6. The van der Waals surface area contributed by atoms with Crippen LogP contribution < -0.4 is 4.74 Å². The van der Waals surface area contributed by atoms with Crippen molar-refractivity contribution in [3.8, 4) is 5.75 Å². The van der Waals surface area contributed by atoms with Crippen molar-refractivity contribution in [3.05, 3.63) is 42.0 Å². The van der Waals surface area contributed by atoms with Crippen LogP contribution in [-0.4, -0.2) is 18.5 Å². The van der Waals surface area contributed by atoms with E-state index < -0.39 is 11.9 Å². The van der Waals surface area contributed by atoms with Gasteiger partial charge in [-0.3, -0.25) is 4.79 Å². The average molecular weight is 248 g/mol. The van der Waals surface area contributed by atoms with Crippen LogP contribution in [0, 0.1) is 0 Å². The summed E-state index contributed by atoms with van der Waals surface area (Å²) in [6.07, 6.45) is 2.23. The summed E-state index contributed by atoms with van der Waals surface area (Å²) >= 11 is 0. The Labute approximate surface area is 106 Å². The molecule has 1 rings (SSSR count). The number of benzene rings is 1. The van der Waals surface area contributed by atoms with Gasteiger partial charge in [-0.2, -0.15) is 0 Å². The normalized spacial score (nSPS) is 9.67. The third-order valence-electron chi connectivity index (χ3n) is 2.20. The molecule has 0 radical (unpaired) electrons. The largest absolute Gasteiger partial charge is 0.458 e. The molecule has 0 saturated heterocycles. The van der Waals surface area contributed by atoms with Crippen LogP contribution in [0.5, 0.6) is 5.75 Å². The maximum absolute atomic E-state index is 11.7. The van der Waals surface area contributed by atoms with Crippen molar-refractivity contribution in [2.75, 3.05) is 6.61 Å². The standard InChI is InChI=1S/C14H16O4/c1-4-6-17-14(16)12-7-11(5-2)8-13(9-12)18-10(3)15/h4,7-9H,1,5-6H2,2-3H3. The number of esters is 2. The average Bonchev–Trinajstić information content (AvgIpc) is 2.34. The van der Waals surface area contributed by atoms with Gasteiger partial charge < -0.3 is 9.47 Å². The summed E-state index contributed by atoms with van der Waals surface area (Å²) in [6.45, 7) is 6.89. The number of carbonyl (C=O) groups is 2. The second-order valence-corrected chi connectivity index (χ2v) is 3.70. The molecular weight excluding hydrogens is 232 g/mol. The molecule has 4 heteroatoms. The van der Waals surface area contributed by atoms with E-state index in [0.29, 0.717) is 11.3 Å². The summed E-state index contributed by atoms with van der Waals surface area (Å²) in [4.78, 5) is 22.6. The molecule has 0 atom stereocenters. The van der Waals surface area contributed by atoms with Gasteiger partial charge in [0, 0.05) is 6.92 Å². The molecule has 1 aromatic rings. The molecule has 0 aliphatic heterocycles. The van der Waals surface area contributed by atoms with Gasteiger partial charge in [-0.15, -0.1) is 0 Å². The number of carbonyl (C=O) groups excluding carboxylic acids is 2. The van der Waals surface area contributed by atoms with Crippen LogP contribution in [0.4, 0.5) is 0 Å². The molecule has 4 nitrogen and oxygen atoms in total. The van der Waals surface area contributed by atoms with Crippen LogP contribution in [0.25, 0.3) is 0 Å². The van der Waals surface area contributed by atoms with E-state index in [9.17, 15) is 9.59 Å². The van der Waals surface area contributed by atoms with Gasteiger partial charge in [-0.05, 0) is 30.2 Å². The Balaban J connectivity index is 2.99. The Morgan fingerprint density at radius 1 is 1.33 bits per heavy atom. The number of hydrogen-bond acceptors (Lipinski definition) is 4. The summed E-state index contributed by atoms with van der Waals surface area (Å²) < 4.78 is 9.92. The van der Waals surface area contributed by atoms with Crippen LogP contribution >= 0.6 is 0 Å². The molecular formula is C14H16O4. The highest BCUT2D eigenvalue weighted by Crippen LogP contribution is 2.19. The Morgan fingerprint density at radius 3 is 2.61 bits per heavy atom. The molecule has 0 amide bonds. The first-order valence-corrected chi connectivity index (χ1v) is 5.67. The molecule has 0 aliphatic carbocycles. The molecule has 96 valence electrons. The van der Waals surface area contributed by atoms with E-state index in [1.165, 1.54) is 19.1 Å². The summed E-state index contributed by atoms with van der Waals surface area (Å²) in [5, 5.41) is 0. The summed E-state index contributed by atoms with van der Waals surface area (Å²) in [5.41, 5.74) is 1.27. The number of hydrogen-bond donors (Lipinski definition) is 0. The minimum Gasteiger partial charge on any atom is -0.458 e. The highest BCUT2D eigenvalue weighted by atomic mass is 16.5. The van der Waals surface area contributed by atoms with Gasteiger partial charge in [0.05, 0.1) is 5.56 Å². The van der Waals surface area contributed by atoms with Crippen molar-refractivity contribution in [2.45, 2.75) is 20.3 Å². The Bertz CT molecular complexity index is 463. The van der Waals surface area contributed by atoms with E-state index in [1.54, 1.807) is 12.1 Å². The monoisotopic (exact) mass is 248 g/mol. The quantitative estimate of drug-likeness (QED) is 0.456. The van der Waals surface area contributed by atoms with Crippen molar-refractivity contribution in [1.29, 1.82) is 0 Å². The van der Waals surface area contributed by atoms with Crippen molar-refractivity contribution in [3.63, 3.8) is 0 Å². The van der Waals surface area contributed by atoms with E-state index in [1.807, 2.05) is 6.92 Å². The fraction of sp³-hybridized carbons (Fsp3) is 0.286. The van der Waals surface area contributed by atoms with Crippen LogP contribution in [0.2, 0.25) is 0 Å². The lowest BCUT2D eigenvalue weighted by atomic mass is 10.1. The number of rotatable bonds is 5. The van der Waals surface area contributed by atoms with Crippen LogP contribution in [0.3, 0.4) is 0 Å². The third kappa shape index (κ3) is 4.05. The van der Waals surface area contributed by atoms with Crippen LogP contribution in [0.1, 0.15) is 29.8 Å². The third-order valence-corrected chi connectivity index (χ3v) is 2.20. The van der Waals surface area contributed by atoms with E-state index >= 15 is 0 Å². The maximum atomic E-state index is 11.7. The Hall–Kier alpha value is -2.10. The molecule has 0 fully saturated rings. The summed E-state index contributed by atoms with van der Waals surface area (Å²) in [7, 11) is 0. The van der Waals surface area contributed by atoms with Crippen molar-refractivity contribution in [1.82, 2.24) is 0 Å². The first-order valence-electron chi connectivity index (χ1n) is 5.67. The predicted molar refractivity (Wildman–Crippen MR) is 67.6 cm³/mol. The smallest absolute Gasteiger partial charge is 0.338 e. The molecule has 0 bridgehead atoms. The highest BCUT2D eigenvalue weighted by Gasteiger charge is 2.11. The van der Waals surface area contributed by atoms with Crippen molar-refractivity contribution in [2.24, 2.45) is 0 Å². The fourth-order valence-corrected chi connectivity index (χ4v) is 1.43.